The number of halogens is 1. The van der Waals surface area contributed by atoms with Crippen molar-refractivity contribution < 1.29 is 13.9 Å². The molecule has 0 atom stereocenters. The second-order valence-corrected chi connectivity index (χ2v) is 10.2. The van der Waals surface area contributed by atoms with Gasteiger partial charge >= 0.3 is 0 Å². The van der Waals surface area contributed by atoms with Gasteiger partial charge < -0.3 is 14.8 Å². The molecule has 0 spiro atoms. The first-order valence-corrected chi connectivity index (χ1v) is 12.6. The smallest absolute Gasteiger partial charge is 0.274 e. The van der Waals surface area contributed by atoms with Crippen LogP contribution in [0.25, 0.3) is 22.2 Å². The van der Waals surface area contributed by atoms with Crippen LogP contribution >= 0.6 is 0 Å². The first-order valence-electron chi connectivity index (χ1n) is 12.6. The molecule has 4 aromatic heterocycles. The van der Waals surface area contributed by atoms with Crippen LogP contribution < -0.4 is 15.6 Å². The topological polar surface area (TPSA) is 104 Å². The van der Waals surface area contributed by atoms with E-state index in [1.54, 1.807) is 37.1 Å². The van der Waals surface area contributed by atoms with Crippen LogP contribution in [0.4, 0.5) is 4.39 Å². The maximum Gasteiger partial charge on any atom is 0.274 e. The summed E-state index contributed by atoms with van der Waals surface area (Å²) in [5.41, 5.74) is 2.87. The Bertz CT molecular complexity index is 1530. The molecule has 192 valence electrons. The normalized spacial score (nSPS) is 23.1. The summed E-state index contributed by atoms with van der Waals surface area (Å²) in [6.07, 6.45) is 7.73. The standard InChI is InChI=1S/C27H29FN6O3/c1-34-24-20(4-3-13-29-24)32-21(25(34)35)15-31-26-9-11-27(12-10-26,37-16-26)8-7-17-18(28)14-30-19-5-6-22(36-2)33-23(17)19/h3-6,13-14,31H,7-12,15-16H2,1-2H3. The highest BCUT2D eigenvalue weighted by atomic mass is 19.1. The molecule has 0 unspecified atom stereocenters. The van der Waals surface area contributed by atoms with E-state index in [0.29, 0.717) is 65.3 Å². The van der Waals surface area contributed by atoms with Crippen molar-refractivity contribution in [2.24, 2.45) is 7.05 Å². The first-order chi connectivity index (χ1) is 17.9. The molecule has 10 heteroatoms. The number of aryl methyl sites for hydroxylation is 2. The molecule has 1 aliphatic carbocycles. The Morgan fingerprint density at radius 3 is 2.73 bits per heavy atom. The highest BCUT2D eigenvalue weighted by molar-refractivity contribution is 5.78. The molecule has 0 radical (unpaired) electrons. The van der Waals surface area contributed by atoms with Gasteiger partial charge in [-0.05, 0) is 56.7 Å². The lowest BCUT2D eigenvalue weighted by molar-refractivity contribution is -0.165. The average Bonchev–Trinajstić information content (AvgIpc) is 2.94. The quantitative estimate of drug-likeness (QED) is 0.409. The van der Waals surface area contributed by atoms with Gasteiger partial charge in [0.05, 0.1) is 36.5 Å². The Balaban J connectivity index is 1.14. The summed E-state index contributed by atoms with van der Waals surface area (Å²) in [7, 11) is 3.27. The molecular weight excluding hydrogens is 475 g/mol. The van der Waals surface area contributed by atoms with Gasteiger partial charge in [-0.2, -0.15) is 0 Å². The molecular formula is C27H29FN6O3. The minimum absolute atomic E-state index is 0.145. The summed E-state index contributed by atoms with van der Waals surface area (Å²) in [5, 5.41) is 3.60. The fourth-order valence-electron chi connectivity index (χ4n) is 5.70. The van der Waals surface area contributed by atoms with E-state index in [1.165, 1.54) is 6.20 Å². The predicted octanol–water partition coefficient (Wildman–Crippen LogP) is 3.22. The molecule has 2 bridgehead atoms. The second kappa shape index (κ2) is 9.11. The summed E-state index contributed by atoms with van der Waals surface area (Å²) in [4.78, 5) is 30.3. The summed E-state index contributed by atoms with van der Waals surface area (Å²) >= 11 is 0. The van der Waals surface area contributed by atoms with Crippen LogP contribution in [0.15, 0.2) is 41.5 Å². The lowest BCUT2D eigenvalue weighted by Crippen LogP contribution is -2.61. The van der Waals surface area contributed by atoms with Crippen LogP contribution in [0.5, 0.6) is 5.88 Å². The van der Waals surface area contributed by atoms with Gasteiger partial charge in [-0.1, -0.05) is 0 Å². The first kappa shape index (κ1) is 23.9. The Morgan fingerprint density at radius 1 is 1.14 bits per heavy atom. The van der Waals surface area contributed by atoms with Gasteiger partial charge in [-0.3, -0.25) is 14.3 Å². The molecule has 4 aromatic rings. The van der Waals surface area contributed by atoms with Crippen LogP contribution in [-0.4, -0.2) is 49.4 Å². The predicted molar refractivity (Wildman–Crippen MR) is 136 cm³/mol. The Labute approximate surface area is 213 Å². The molecule has 0 amide bonds. The zero-order chi connectivity index (χ0) is 25.6. The molecule has 2 aliphatic heterocycles. The Kier molecular flexibility index (Phi) is 5.88. The van der Waals surface area contributed by atoms with E-state index in [9.17, 15) is 9.18 Å². The lowest BCUT2D eigenvalue weighted by atomic mass is 9.69. The lowest BCUT2D eigenvalue weighted by Gasteiger charge is -2.53. The molecule has 2 saturated heterocycles. The van der Waals surface area contributed by atoms with Crippen molar-refractivity contribution in [2.75, 3.05) is 13.7 Å². The van der Waals surface area contributed by atoms with Crippen LogP contribution in [0.2, 0.25) is 0 Å². The Hall–Kier alpha value is -3.50. The van der Waals surface area contributed by atoms with Crippen LogP contribution in [0, 0.1) is 5.82 Å². The number of nitrogens with zero attached hydrogens (tertiary/aromatic N) is 5. The fraction of sp³-hybridized carbons (Fsp3) is 0.444. The maximum absolute atomic E-state index is 14.8. The molecule has 1 saturated carbocycles. The molecule has 3 aliphatic rings. The fourth-order valence-corrected chi connectivity index (χ4v) is 5.70. The van der Waals surface area contributed by atoms with Gasteiger partial charge in [-0.25, -0.2) is 19.3 Å². The zero-order valence-electron chi connectivity index (χ0n) is 21.0. The SMILES string of the molecule is COc1ccc2ncc(F)c(CCC34CCC(NCc5nc6cccnc6n(C)c5=O)(CC3)CO4)c2n1. The number of nitrogens with one attached hydrogen (secondary N) is 1. The number of methoxy groups -OCH3 is 1. The molecule has 1 N–H and O–H groups in total. The van der Waals surface area contributed by atoms with Crippen molar-refractivity contribution in [3.63, 3.8) is 0 Å². The number of hydrogen-bond donors (Lipinski definition) is 1. The molecule has 0 aromatic carbocycles. The number of aromatic nitrogens is 5. The monoisotopic (exact) mass is 504 g/mol. The van der Waals surface area contributed by atoms with Gasteiger partial charge in [0.1, 0.15) is 17.0 Å². The molecule has 6 heterocycles. The number of fused-ring (bicyclic) bond motifs is 5. The summed E-state index contributed by atoms with van der Waals surface area (Å²) < 4.78 is 28.0. The average molecular weight is 505 g/mol. The van der Waals surface area contributed by atoms with Gasteiger partial charge in [0.2, 0.25) is 5.88 Å². The van der Waals surface area contributed by atoms with Crippen molar-refractivity contribution >= 4 is 22.2 Å². The number of pyridine rings is 3. The van der Waals surface area contributed by atoms with E-state index in [4.69, 9.17) is 9.47 Å². The van der Waals surface area contributed by atoms with E-state index in [2.05, 4.69) is 25.3 Å². The zero-order valence-corrected chi connectivity index (χ0v) is 21.0. The van der Waals surface area contributed by atoms with Crippen molar-refractivity contribution in [2.45, 2.75) is 56.2 Å². The molecule has 3 fully saturated rings. The highest BCUT2D eigenvalue weighted by Gasteiger charge is 2.49. The van der Waals surface area contributed by atoms with Crippen LogP contribution in [-0.2, 0) is 24.8 Å². The third-order valence-electron chi connectivity index (χ3n) is 8.07. The minimum atomic E-state index is -0.355. The number of ether oxygens (including phenoxy) is 2. The summed E-state index contributed by atoms with van der Waals surface area (Å²) in [6.45, 7) is 0.920. The third kappa shape index (κ3) is 4.23. The largest absolute Gasteiger partial charge is 0.481 e. The Morgan fingerprint density at radius 2 is 1.97 bits per heavy atom. The van der Waals surface area contributed by atoms with Gasteiger partial charge in [0.25, 0.3) is 5.56 Å². The maximum atomic E-state index is 14.8. The molecule has 9 nitrogen and oxygen atoms in total. The number of rotatable bonds is 7. The summed E-state index contributed by atoms with van der Waals surface area (Å²) in [5.74, 6) is 0.0840. The summed E-state index contributed by atoms with van der Waals surface area (Å²) in [6, 6.07) is 7.21. The molecule has 7 rings (SSSR count). The van der Waals surface area contributed by atoms with Crippen molar-refractivity contribution in [1.29, 1.82) is 0 Å². The van der Waals surface area contributed by atoms with E-state index < -0.39 is 0 Å². The highest BCUT2D eigenvalue weighted by Crippen LogP contribution is 2.46. The van der Waals surface area contributed by atoms with Crippen molar-refractivity contribution in [1.82, 2.24) is 29.8 Å². The van der Waals surface area contributed by atoms with Crippen LogP contribution in [0.3, 0.4) is 0 Å². The van der Waals surface area contributed by atoms with E-state index in [-0.39, 0.29) is 22.5 Å². The van der Waals surface area contributed by atoms with E-state index in [1.807, 2.05) is 12.1 Å². The van der Waals surface area contributed by atoms with Crippen LogP contribution in [0.1, 0.15) is 43.4 Å². The van der Waals surface area contributed by atoms with Crippen molar-refractivity contribution in [3.05, 3.63) is 64.1 Å². The second-order valence-electron chi connectivity index (χ2n) is 10.2. The number of hydrogen-bond acceptors (Lipinski definition) is 8. The van der Waals surface area contributed by atoms with Gasteiger partial charge in [-0.15, -0.1) is 0 Å². The van der Waals surface area contributed by atoms with Gasteiger partial charge in [0.15, 0.2) is 5.65 Å². The minimum Gasteiger partial charge on any atom is -0.481 e. The van der Waals surface area contributed by atoms with Gasteiger partial charge in [0, 0.05) is 37.0 Å². The van der Waals surface area contributed by atoms with Crippen molar-refractivity contribution in [3.8, 4) is 5.88 Å². The molecule has 37 heavy (non-hydrogen) atoms. The third-order valence-corrected chi connectivity index (χ3v) is 8.07. The van der Waals surface area contributed by atoms with E-state index >= 15 is 0 Å². The van der Waals surface area contributed by atoms with E-state index in [0.717, 1.165) is 25.7 Å².